The van der Waals surface area contributed by atoms with Crippen LogP contribution in [0.25, 0.3) is 0 Å². The van der Waals surface area contributed by atoms with E-state index in [1.165, 1.54) is 10.4 Å². The highest BCUT2D eigenvalue weighted by molar-refractivity contribution is 7.89. The van der Waals surface area contributed by atoms with Crippen LogP contribution in [0.15, 0.2) is 29.2 Å². The first-order chi connectivity index (χ1) is 10.7. The first-order valence-electron chi connectivity index (χ1n) is 7.85. The smallest absolute Gasteiger partial charge is 0.243 e. The van der Waals surface area contributed by atoms with Crippen molar-refractivity contribution in [1.82, 2.24) is 4.31 Å². The van der Waals surface area contributed by atoms with Crippen LogP contribution in [0.5, 0.6) is 0 Å². The fourth-order valence-electron chi connectivity index (χ4n) is 3.55. The molecular weight excluding hydrogens is 338 g/mol. The molecule has 0 bridgehead atoms. The molecule has 2 saturated heterocycles. The van der Waals surface area contributed by atoms with E-state index in [4.69, 9.17) is 16.3 Å². The van der Waals surface area contributed by atoms with Gasteiger partial charge in [0.15, 0.2) is 0 Å². The average Bonchev–Trinajstić information content (AvgIpc) is 2.46. The molecule has 2 aliphatic rings. The molecule has 1 aromatic carbocycles. The van der Waals surface area contributed by atoms with Crippen molar-refractivity contribution < 1.29 is 18.3 Å². The number of rotatable bonds is 2. The van der Waals surface area contributed by atoms with E-state index in [1.54, 1.807) is 18.2 Å². The molecule has 0 radical (unpaired) electrons. The summed E-state index contributed by atoms with van der Waals surface area (Å²) in [5.41, 5.74) is -1.13. The van der Waals surface area contributed by atoms with Crippen LogP contribution in [0, 0.1) is 0 Å². The molecule has 1 N–H and O–H groups in total. The molecule has 128 valence electrons. The lowest BCUT2D eigenvalue weighted by Crippen LogP contribution is -2.54. The van der Waals surface area contributed by atoms with Crippen molar-refractivity contribution in [2.24, 2.45) is 0 Å². The van der Waals surface area contributed by atoms with Crippen molar-refractivity contribution in [3.63, 3.8) is 0 Å². The van der Waals surface area contributed by atoms with E-state index in [0.29, 0.717) is 50.4 Å². The van der Waals surface area contributed by atoms with Crippen molar-refractivity contribution in [3.8, 4) is 0 Å². The highest BCUT2D eigenvalue weighted by Crippen LogP contribution is 2.40. The Kier molecular flexibility index (Phi) is 4.48. The number of benzene rings is 1. The third-order valence-corrected chi connectivity index (χ3v) is 6.95. The molecule has 2 heterocycles. The van der Waals surface area contributed by atoms with Crippen LogP contribution in [-0.4, -0.2) is 48.7 Å². The summed E-state index contributed by atoms with van der Waals surface area (Å²) in [4.78, 5) is 0.220. The number of hydrogen-bond acceptors (Lipinski definition) is 4. The quantitative estimate of drug-likeness (QED) is 0.880. The first-order valence-corrected chi connectivity index (χ1v) is 9.67. The van der Waals surface area contributed by atoms with Gasteiger partial charge < -0.3 is 9.84 Å². The Morgan fingerprint density at radius 2 is 1.96 bits per heavy atom. The molecule has 0 aromatic heterocycles. The number of piperidine rings is 1. The Morgan fingerprint density at radius 3 is 2.57 bits per heavy atom. The molecule has 23 heavy (non-hydrogen) atoms. The summed E-state index contributed by atoms with van der Waals surface area (Å²) in [5.74, 6) is 0. The van der Waals surface area contributed by atoms with Crippen molar-refractivity contribution in [3.05, 3.63) is 29.3 Å². The molecule has 2 aliphatic heterocycles. The summed E-state index contributed by atoms with van der Waals surface area (Å²) in [5, 5.41) is 10.7. The molecule has 5 nitrogen and oxygen atoms in total. The largest absolute Gasteiger partial charge is 0.390 e. The lowest BCUT2D eigenvalue weighted by molar-refractivity contribution is -0.168. The van der Waals surface area contributed by atoms with E-state index >= 15 is 0 Å². The topological polar surface area (TPSA) is 66.8 Å². The zero-order valence-corrected chi connectivity index (χ0v) is 14.7. The second-order valence-electron chi connectivity index (χ2n) is 6.82. The predicted molar refractivity (Wildman–Crippen MR) is 88.0 cm³/mol. The third-order valence-electron chi connectivity index (χ3n) is 4.82. The zero-order valence-electron chi connectivity index (χ0n) is 13.2. The first kappa shape index (κ1) is 17.2. The van der Waals surface area contributed by atoms with Crippen molar-refractivity contribution in [1.29, 1.82) is 0 Å². The number of hydrogen-bond donors (Lipinski definition) is 1. The lowest BCUT2D eigenvalue weighted by atomic mass is 9.78. The molecule has 3 rings (SSSR count). The summed E-state index contributed by atoms with van der Waals surface area (Å²) in [6, 6.07) is 6.34. The number of ether oxygens (including phenoxy) is 1. The Hall–Kier alpha value is -0.660. The average molecular weight is 360 g/mol. The highest BCUT2D eigenvalue weighted by atomic mass is 35.5. The van der Waals surface area contributed by atoms with Gasteiger partial charge in [0.05, 0.1) is 22.7 Å². The van der Waals surface area contributed by atoms with Gasteiger partial charge in [-0.15, -0.1) is 0 Å². The second-order valence-corrected chi connectivity index (χ2v) is 9.19. The minimum Gasteiger partial charge on any atom is -0.390 e. The molecular formula is C16H22ClNO4S. The number of nitrogens with zero attached hydrogens (tertiary/aromatic N) is 1. The van der Waals surface area contributed by atoms with Crippen molar-refractivity contribution in [2.45, 2.75) is 48.7 Å². The van der Waals surface area contributed by atoms with E-state index in [9.17, 15) is 13.5 Å². The minimum absolute atomic E-state index is 0.220. The maximum Gasteiger partial charge on any atom is 0.243 e. The summed E-state index contributed by atoms with van der Waals surface area (Å²) in [6.07, 6.45) is 2.39. The fourth-order valence-corrected chi connectivity index (χ4v) is 5.30. The molecule has 0 saturated carbocycles. The summed E-state index contributed by atoms with van der Waals surface area (Å²) in [6.45, 7) is 3.14. The van der Waals surface area contributed by atoms with Gasteiger partial charge in [-0.2, -0.15) is 4.31 Å². The number of halogens is 1. The molecule has 1 atom stereocenters. The molecule has 1 aromatic rings. The van der Waals surface area contributed by atoms with Crippen molar-refractivity contribution >= 4 is 21.6 Å². The lowest BCUT2D eigenvalue weighted by Gasteiger charge is -2.47. The van der Waals surface area contributed by atoms with Gasteiger partial charge in [-0.3, -0.25) is 0 Å². The molecule has 0 aliphatic carbocycles. The second kappa shape index (κ2) is 6.01. The van der Waals surface area contributed by atoms with Gasteiger partial charge in [-0.05, 0) is 44.4 Å². The van der Waals surface area contributed by atoms with Gasteiger partial charge in [0, 0.05) is 24.5 Å². The molecule has 2 fully saturated rings. The Balaban J connectivity index is 1.74. The Morgan fingerprint density at radius 1 is 1.26 bits per heavy atom. The normalized spacial score (nSPS) is 28.8. The highest BCUT2D eigenvalue weighted by Gasteiger charge is 2.46. The molecule has 0 amide bonds. The van der Waals surface area contributed by atoms with Gasteiger partial charge in [0.2, 0.25) is 10.0 Å². The van der Waals surface area contributed by atoms with Gasteiger partial charge in [-0.25, -0.2) is 8.42 Å². The van der Waals surface area contributed by atoms with Gasteiger partial charge >= 0.3 is 0 Å². The predicted octanol–water partition coefficient (Wildman–Crippen LogP) is 2.42. The van der Waals surface area contributed by atoms with E-state index in [2.05, 4.69) is 0 Å². The van der Waals surface area contributed by atoms with Crippen LogP contribution < -0.4 is 0 Å². The summed E-state index contributed by atoms with van der Waals surface area (Å²) in [7, 11) is -3.54. The van der Waals surface area contributed by atoms with Crippen molar-refractivity contribution in [2.75, 3.05) is 19.7 Å². The van der Waals surface area contributed by atoms with Crippen LogP contribution in [0.2, 0.25) is 5.02 Å². The maximum atomic E-state index is 12.7. The fraction of sp³-hybridized carbons (Fsp3) is 0.625. The van der Waals surface area contributed by atoms with E-state index < -0.39 is 21.2 Å². The van der Waals surface area contributed by atoms with E-state index in [0.717, 1.165) is 0 Å². The molecule has 1 spiro atoms. The van der Waals surface area contributed by atoms with Gasteiger partial charge in [0.25, 0.3) is 0 Å². The third kappa shape index (κ3) is 3.56. The number of sulfonamides is 1. The van der Waals surface area contributed by atoms with Crippen LogP contribution in [0.1, 0.15) is 32.6 Å². The summed E-state index contributed by atoms with van der Waals surface area (Å²) >= 11 is 5.91. The van der Waals surface area contributed by atoms with Crippen LogP contribution in [-0.2, 0) is 14.8 Å². The van der Waals surface area contributed by atoms with Gasteiger partial charge in [0.1, 0.15) is 0 Å². The van der Waals surface area contributed by atoms with Crippen LogP contribution in [0.4, 0.5) is 0 Å². The number of aliphatic hydroxyl groups is 1. The maximum absolute atomic E-state index is 12.7. The monoisotopic (exact) mass is 359 g/mol. The summed E-state index contributed by atoms with van der Waals surface area (Å²) < 4.78 is 32.8. The Labute approximate surface area is 142 Å². The van der Waals surface area contributed by atoms with Gasteiger partial charge in [-0.1, -0.05) is 17.7 Å². The minimum atomic E-state index is -3.54. The Bertz CT molecular complexity index is 681. The van der Waals surface area contributed by atoms with Crippen LogP contribution >= 0.6 is 11.6 Å². The van der Waals surface area contributed by atoms with E-state index in [1.807, 2.05) is 6.92 Å². The zero-order chi connectivity index (χ0) is 16.7. The SMILES string of the molecule is CC1(O)CCOC2(CCN(S(=O)(=O)c3cccc(Cl)c3)CC2)C1. The molecule has 1 unspecified atom stereocenters. The molecule has 7 heteroatoms. The van der Waals surface area contributed by atoms with E-state index in [-0.39, 0.29) is 4.90 Å². The standard InChI is InChI=1S/C16H22ClNO4S/c1-15(19)7-10-22-16(12-15)5-8-18(9-6-16)23(20,21)14-4-2-3-13(17)11-14/h2-4,11,19H,5-10,12H2,1H3. The van der Waals surface area contributed by atoms with Crippen LogP contribution in [0.3, 0.4) is 0 Å².